The molecule has 1 fully saturated rings. The first-order valence-electron chi connectivity index (χ1n) is 6.69. The highest BCUT2D eigenvalue weighted by Gasteiger charge is 2.21. The largest absolute Gasteiger partial charge is 0.459 e. The van der Waals surface area contributed by atoms with Crippen LogP contribution in [0.15, 0.2) is 28.7 Å². The van der Waals surface area contributed by atoms with E-state index in [0.29, 0.717) is 6.54 Å². The van der Waals surface area contributed by atoms with Crippen LogP contribution in [0.5, 0.6) is 0 Å². The number of hydrogen-bond donors (Lipinski definition) is 1. The maximum absolute atomic E-state index is 5.97. The van der Waals surface area contributed by atoms with Gasteiger partial charge in [-0.15, -0.1) is 0 Å². The van der Waals surface area contributed by atoms with E-state index in [1.807, 2.05) is 18.2 Å². The Balaban J connectivity index is 1.91. The predicted octanol–water partition coefficient (Wildman–Crippen LogP) is 2.73. The SMILES string of the molecule is CC1CCN(Cc2oc3ccccc3c2CN)C1. The molecule has 1 aliphatic heterocycles. The van der Waals surface area contributed by atoms with Gasteiger partial charge >= 0.3 is 0 Å². The van der Waals surface area contributed by atoms with Crippen molar-refractivity contribution >= 4 is 11.0 Å². The van der Waals surface area contributed by atoms with Crippen molar-refractivity contribution in [1.82, 2.24) is 4.90 Å². The standard InChI is InChI=1S/C15H20N2O/c1-11-6-7-17(9-11)10-15-13(8-16)12-4-2-3-5-14(12)18-15/h2-5,11H,6-10,16H2,1H3. The zero-order valence-corrected chi connectivity index (χ0v) is 10.9. The minimum absolute atomic E-state index is 0.551. The maximum atomic E-state index is 5.97. The first-order chi connectivity index (χ1) is 8.78. The molecular formula is C15H20N2O. The number of fused-ring (bicyclic) bond motifs is 1. The van der Waals surface area contributed by atoms with E-state index in [4.69, 9.17) is 10.2 Å². The molecule has 1 saturated heterocycles. The normalized spacial score (nSPS) is 20.9. The van der Waals surface area contributed by atoms with Crippen molar-refractivity contribution in [3.05, 3.63) is 35.6 Å². The second-order valence-electron chi connectivity index (χ2n) is 5.33. The molecule has 1 aromatic heterocycles. The lowest BCUT2D eigenvalue weighted by atomic mass is 10.1. The lowest BCUT2D eigenvalue weighted by molar-refractivity contribution is 0.291. The Bertz CT molecular complexity index is 546. The fraction of sp³-hybridized carbons (Fsp3) is 0.467. The number of nitrogens with two attached hydrogens (primary N) is 1. The summed E-state index contributed by atoms with van der Waals surface area (Å²) >= 11 is 0. The number of furan rings is 1. The van der Waals surface area contributed by atoms with Crippen LogP contribution in [0.1, 0.15) is 24.7 Å². The molecule has 0 radical (unpaired) electrons. The van der Waals surface area contributed by atoms with Crippen LogP contribution in [0.3, 0.4) is 0 Å². The minimum Gasteiger partial charge on any atom is -0.459 e. The van der Waals surface area contributed by atoms with E-state index in [-0.39, 0.29) is 0 Å². The van der Waals surface area contributed by atoms with Crippen LogP contribution in [0.4, 0.5) is 0 Å². The van der Waals surface area contributed by atoms with Gasteiger partial charge in [0, 0.05) is 24.0 Å². The molecule has 0 saturated carbocycles. The number of benzene rings is 1. The maximum Gasteiger partial charge on any atom is 0.134 e. The smallest absolute Gasteiger partial charge is 0.134 e. The number of hydrogen-bond acceptors (Lipinski definition) is 3. The molecule has 3 rings (SSSR count). The highest BCUT2D eigenvalue weighted by Crippen LogP contribution is 2.28. The molecule has 3 heteroatoms. The molecule has 1 aliphatic rings. The fourth-order valence-electron chi connectivity index (χ4n) is 2.87. The highest BCUT2D eigenvalue weighted by atomic mass is 16.3. The minimum atomic E-state index is 0.551. The topological polar surface area (TPSA) is 42.4 Å². The van der Waals surface area contributed by atoms with Gasteiger partial charge in [0.05, 0.1) is 6.54 Å². The summed E-state index contributed by atoms with van der Waals surface area (Å²) in [4.78, 5) is 2.46. The summed E-state index contributed by atoms with van der Waals surface area (Å²) in [5.41, 5.74) is 8.01. The summed E-state index contributed by atoms with van der Waals surface area (Å²) in [6.45, 7) is 6.09. The van der Waals surface area contributed by atoms with Crippen molar-refractivity contribution in [3.8, 4) is 0 Å². The van der Waals surface area contributed by atoms with Gasteiger partial charge in [-0.1, -0.05) is 25.1 Å². The zero-order valence-electron chi connectivity index (χ0n) is 10.9. The van der Waals surface area contributed by atoms with Crippen molar-refractivity contribution in [2.45, 2.75) is 26.4 Å². The van der Waals surface area contributed by atoms with E-state index in [9.17, 15) is 0 Å². The molecule has 0 aliphatic carbocycles. The Hall–Kier alpha value is -1.32. The number of likely N-dealkylation sites (tertiary alicyclic amines) is 1. The molecule has 1 unspecified atom stereocenters. The molecule has 0 spiro atoms. The molecule has 1 atom stereocenters. The second kappa shape index (κ2) is 4.75. The predicted molar refractivity (Wildman–Crippen MR) is 73.2 cm³/mol. The summed E-state index contributed by atoms with van der Waals surface area (Å²) in [7, 11) is 0. The number of nitrogens with zero attached hydrogens (tertiary/aromatic N) is 1. The molecule has 2 aromatic rings. The first kappa shape index (κ1) is 11.8. The number of para-hydroxylation sites is 1. The molecule has 2 heterocycles. The van der Waals surface area contributed by atoms with Gasteiger partial charge in [0.15, 0.2) is 0 Å². The summed E-state index contributed by atoms with van der Waals surface area (Å²) in [6.07, 6.45) is 1.29. The van der Waals surface area contributed by atoms with Gasteiger partial charge in [-0.05, 0) is 24.9 Å². The lowest BCUT2D eigenvalue weighted by Crippen LogP contribution is -2.20. The Morgan fingerprint density at radius 1 is 1.39 bits per heavy atom. The van der Waals surface area contributed by atoms with Crippen LogP contribution in [0.2, 0.25) is 0 Å². The third kappa shape index (κ3) is 2.04. The second-order valence-corrected chi connectivity index (χ2v) is 5.33. The Morgan fingerprint density at radius 2 is 2.22 bits per heavy atom. The summed E-state index contributed by atoms with van der Waals surface area (Å²) in [6, 6.07) is 8.16. The lowest BCUT2D eigenvalue weighted by Gasteiger charge is -2.14. The van der Waals surface area contributed by atoms with Crippen molar-refractivity contribution in [2.75, 3.05) is 13.1 Å². The molecule has 18 heavy (non-hydrogen) atoms. The molecule has 0 bridgehead atoms. The van der Waals surface area contributed by atoms with Crippen molar-refractivity contribution in [2.24, 2.45) is 11.7 Å². The van der Waals surface area contributed by atoms with Crippen molar-refractivity contribution in [1.29, 1.82) is 0 Å². The zero-order chi connectivity index (χ0) is 12.5. The van der Waals surface area contributed by atoms with Gasteiger partial charge < -0.3 is 10.2 Å². The monoisotopic (exact) mass is 244 g/mol. The first-order valence-corrected chi connectivity index (χ1v) is 6.69. The van der Waals surface area contributed by atoms with Gasteiger partial charge in [-0.3, -0.25) is 4.90 Å². The highest BCUT2D eigenvalue weighted by molar-refractivity contribution is 5.82. The third-order valence-electron chi connectivity index (χ3n) is 3.86. The Kier molecular flexibility index (Phi) is 3.10. The van der Waals surface area contributed by atoms with Crippen LogP contribution in [0, 0.1) is 5.92 Å². The van der Waals surface area contributed by atoms with Crippen LogP contribution >= 0.6 is 0 Å². The molecule has 2 N–H and O–H groups in total. The van der Waals surface area contributed by atoms with Crippen molar-refractivity contribution in [3.63, 3.8) is 0 Å². The van der Waals surface area contributed by atoms with Gasteiger partial charge in [0.1, 0.15) is 11.3 Å². The summed E-state index contributed by atoms with van der Waals surface area (Å²) in [5.74, 6) is 1.85. The van der Waals surface area contributed by atoms with Gasteiger partial charge in [-0.2, -0.15) is 0 Å². The fourth-order valence-corrected chi connectivity index (χ4v) is 2.87. The average Bonchev–Trinajstić information content (AvgIpc) is 2.92. The Labute approximate surface area is 108 Å². The third-order valence-corrected chi connectivity index (χ3v) is 3.86. The molecule has 1 aromatic carbocycles. The van der Waals surface area contributed by atoms with Crippen LogP contribution in [0.25, 0.3) is 11.0 Å². The van der Waals surface area contributed by atoms with E-state index in [1.54, 1.807) is 0 Å². The quantitative estimate of drug-likeness (QED) is 0.902. The molecule has 96 valence electrons. The van der Waals surface area contributed by atoms with Gasteiger partial charge in [0.2, 0.25) is 0 Å². The van der Waals surface area contributed by atoms with Crippen molar-refractivity contribution < 1.29 is 4.42 Å². The van der Waals surface area contributed by atoms with Crippen LogP contribution in [-0.4, -0.2) is 18.0 Å². The van der Waals surface area contributed by atoms with E-state index in [1.165, 1.54) is 30.5 Å². The summed E-state index contributed by atoms with van der Waals surface area (Å²) in [5, 5.41) is 1.17. The number of rotatable bonds is 3. The van der Waals surface area contributed by atoms with E-state index in [0.717, 1.165) is 23.8 Å². The Morgan fingerprint density at radius 3 is 2.94 bits per heavy atom. The van der Waals surface area contributed by atoms with E-state index >= 15 is 0 Å². The van der Waals surface area contributed by atoms with E-state index in [2.05, 4.69) is 17.9 Å². The molecular weight excluding hydrogens is 224 g/mol. The average molecular weight is 244 g/mol. The summed E-state index contributed by atoms with van der Waals surface area (Å²) < 4.78 is 5.97. The van der Waals surface area contributed by atoms with Gasteiger partial charge in [-0.25, -0.2) is 0 Å². The molecule has 3 nitrogen and oxygen atoms in total. The van der Waals surface area contributed by atoms with Gasteiger partial charge in [0.25, 0.3) is 0 Å². The van der Waals surface area contributed by atoms with Crippen LogP contribution < -0.4 is 5.73 Å². The van der Waals surface area contributed by atoms with Crippen LogP contribution in [-0.2, 0) is 13.1 Å². The molecule has 0 amide bonds. The van der Waals surface area contributed by atoms with E-state index < -0.39 is 0 Å².